The third-order valence-electron chi connectivity index (χ3n) is 2.57. The zero-order chi connectivity index (χ0) is 14.0. The first-order valence-electron chi connectivity index (χ1n) is 5.49. The molecule has 0 atom stereocenters. The van der Waals surface area contributed by atoms with Crippen molar-refractivity contribution in [3.63, 3.8) is 0 Å². The Bertz CT molecular complexity index is 622. The summed E-state index contributed by atoms with van der Waals surface area (Å²) in [5.74, 6) is -2.92. The SMILES string of the molecule is Cc1cc(CNc2cccc(F)c2F)oc1C(=O)O. The second-order valence-corrected chi connectivity index (χ2v) is 3.98. The maximum atomic E-state index is 13.4. The maximum Gasteiger partial charge on any atom is 0.372 e. The van der Waals surface area contributed by atoms with Crippen molar-refractivity contribution in [1.82, 2.24) is 0 Å². The van der Waals surface area contributed by atoms with Gasteiger partial charge >= 0.3 is 5.97 Å². The van der Waals surface area contributed by atoms with Crippen LogP contribution in [0.3, 0.4) is 0 Å². The molecule has 0 saturated carbocycles. The number of halogens is 2. The quantitative estimate of drug-likeness (QED) is 0.893. The Morgan fingerprint density at radius 1 is 1.42 bits per heavy atom. The number of rotatable bonds is 4. The normalized spacial score (nSPS) is 10.5. The number of benzene rings is 1. The van der Waals surface area contributed by atoms with E-state index in [-0.39, 0.29) is 18.0 Å². The molecule has 6 heteroatoms. The van der Waals surface area contributed by atoms with E-state index in [1.54, 1.807) is 6.92 Å². The van der Waals surface area contributed by atoms with Crippen LogP contribution in [0.1, 0.15) is 21.9 Å². The second kappa shape index (κ2) is 5.09. The Hall–Kier alpha value is -2.37. The van der Waals surface area contributed by atoms with Gasteiger partial charge in [-0.05, 0) is 25.1 Å². The van der Waals surface area contributed by atoms with E-state index >= 15 is 0 Å². The van der Waals surface area contributed by atoms with Crippen LogP contribution in [-0.2, 0) is 6.54 Å². The highest BCUT2D eigenvalue weighted by Gasteiger charge is 2.14. The van der Waals surface area contributed by atoms with Gasteiger partial charge in [-0.1, -0.05) is 6.07 Å². The van der Waals surface area contributed by atoms with Crippen LogP contribution in [0.25, 0.3) is 0 Å². The monoisotopic (exact) mass is 267 g/mol. The molecule has 0 aliphatic heterocycles. The topological polar surface area (TPSA) is 62.5 Å². The van der Waals surface area contributed by atoms with Crippen LogP contribution >= 0.6 is 0 Å². The van der Waals surface area contributed by atoms with E-state index in [0.717, 1.165) is 6.07 Å². The number of aryl methyl sites for hydroxylation is 1. The minimum Gasteiger partial charge on any atom is -0.475 e. The molecule has 100 valence electrons. The highest BCUT2D eigenvalue weighted by Crippen LogP contribution is 2.19. The van der Waals surface area contributed by atoms with E-state index < -0.39 is 17.6 Å². The molecular weight excluding hydrogens is 256 g/mol. The van der Waals surface area contributed by atoms with Crippen molar-refractivity contribution in [3.8, 4) is 0 Å². The van der Waals surface area contributed by atoms with Gasteiger partial charge in [-0.15, -0.1) is 0 Å². The van der Waals surface area contributed by atoms with Gasteiger partial charge in [-0.2, -0.15) is 0 Å². The van der Waals surface area contributed by atoms with E-state index in [9.17, 15) is 13.6 Å². The van der Waals surface area contributed by atoms with Gasteiger partial charge in [-0.3, -0.25) is 0 Å². The van der Waals surface area contributed by atoms with Crippen molar-refractivity contribution in [3.05, 3.63) is 53.0 Å². The van der Waals surface area contributed by atoms with Gasteiger partial charge in [0, 0.05) is 5.56 Å². The number of nitrogens with one attached hydrogen (secondary N) is 1. The zero-order valence-corrected chi connectivity index (χ0v) is 10.0. The molecule has 0 fully saturated rings. The summed E-state index contributed by atoms with van der Waals surface area (Å²) in [6, 6.07) is 5.30. The standard InChI is InChI=1S/C13H11F2NO3/c1-7-5-8(19-12(7)13(17)18)6-16-10-4-2-3-9(14)11(10)15/h2-5,16H,6H2,1H3,(H,17,18). The van der Waals surface area contributed by atoms with Gasteiger partial charge < -0.3 is 14.8 Å². The summed E-state index contributed by atoms with van der Waals surface area (Å²) in [6.45, 7) is 1.66. The minimum absolute atomic E-state index is 0.00840. The first-order chi connectivity index (χ1) is 8.99. The van der Waals surface area contributed by atoms with E-state index in [1.165, 1.54) is 18.2 Å². The second-order valence-electron chi connectivity index (χ2n) is 3.98. The molecule has 0 amide bonds. The minimum atomic E-state index is -1.17. The summed E-state index contributed by atoms with van der Waals surface area (Å²) >= 11 is 0. The predicted octanol–water partition coefficient (Wildman–Crippen LogP) is 3.18. The molecule has 0 unspecified atom stereocenters. The summed E-state index contributed by atoms with van der Waals surface area (Å²) in [5.41, 5.74) is 0.468. The Kier molecular flexibility index (Phi) is 3.50. The van der Waals surface area contributed by atoms with Crippen LogP contribution in [0, 0.1) is 18.6 Å². The summed E-state index contributed by atoms with van der Waals surface area (Å²) < 4.78 is 31.4. The fraction of sp³-hybridized carbons (Fsp3) is 0.154. The maximum absolute atomic E-state index is 13.4. The summed E-state index contributed by atoms with van der Waals surface area (Å²) in [4.78, 5) is 10.8. The predicted molar refractivity (Wildman–Crippen MR) is 64.1 cm³/mol. The number of carboxylic acids is 1. The van der Waals surface area contributed by atoms with Crippen LogP contribution in [-0.4, -0.2) is 11.1 Å². The average Bonchev–Trinajstić information content (AvgIpc) is 2.73. The molecule has 2 aromatic rings. The fourth-order valence-corrected chi connectivity index (χ4v) is 1.67. The average molecular weight is 267 g/mol. The van der Waals surface area contributed by atoms with Crippen molar-refractivity contribution >= 4 is 11.7 Å². The van der Waals surface area contributed by atoms with E-state index in [0.29, 0.717) is 11.3 Å². The Labute approximate surface area is 107 Å². The van der Waals surface area contributed by atoms with E-state index in [2.05, 4.69) is 5.32 Å². The van der Waals surface area contributed by atoms with Crippen LogP contribution in [0.15, 0.2) is 28.7 Å². The number of hydrogen-bond acceptors (Lipinski definition) is 3. The van der Waals surface area contributed by atoms with Crippen LogP contribution in [0.5, 0.6) is 0 Å². The third kappa shape index (κ3) is 2.73. The molecule has 0 spiro atoms. The molecule has 0 radical (unpaired) electrons. The van der Waals surface area contributed by atoms with Crippen LogP contribution in [0.4, 0.5) is 14.5 Å². The Morgan fingerprint density at radius 2 is 2.16 bits per heavy atom. The van der Waals surface area contributed by atoms with Gasteiger partial charge in [-0.25, -0.2) is 13.6 Å². The zero-order valence-electron chi connectivity index (χ0n) is 10.0. The molecule has 1 aromatic carbocycles. The number of anilines is 1. The number of carbonyl (C=O) groups is 1. The molecule has 0 saturated heterocycles. The highest BCUT2D eigenvalue weighted by molar-refractivity contribution is 5.86. The van der Waals surface area contributed by atoms with Gasteiger partial charge in [0.1, 0.15) is 5.76 Å². The van der Waals surface area contributed by atoms with Crippen molar-refractivity contribution in [1.29, 1.82) is 0 Å². The van der Waals surface area contributed by atoms with Gasteiger partial charge in [0.05, 0.1) is 12.2 Å². The lowest BCUT2D eigenvalue weighted by Gasteiger charge is -2.05. The molecule has 19 heavy (non-hydrogen) atoms. The van der Waals surface area contributed by atoms with Crippen LogP contribution in [0.2, 0.25) is 0 Å². The fourth-order valence-electron chi connectivity index (χ4n) is 1.67. The van der Waals surface area contributed by atoms with Gasteiger partial charge in [0.2, 0.25) is 5.76 Å². The molecule has 1 heterocycles. The summed E-state index contributed by atoms with van der Waals surface area (Å²) in [6.07, 6.45) is 0. The Balaban J connectivity index is 2.13. The van der Waals surface area contributed by atoms with E-state index in [1.807, 2.05) is 0 Å². The first kappa shape index (κ1) is 13.1. The molecule has 0 aliphatic rings. The third-order valence-corrected chi connectivity index (χ3v) is 2.57. The summed E-state index contributed by atoms with van der Waals surface area (Å²) in [5, 5.41) is 11.5. The van der Waals surface area contributed by atoms with Crippen molar-refractivity contribution in [2.45, 2.75) is 13.5 Å². The number of aromatic carboxylic acids is 1. The molecule has 2 rings (SSSR count). The smallest absolute Gasteiger partial charge is 0.372 e. The lowest BCUT2D eigenvalue weighted by Crippen LogP contribution is -2.02. The molecule has 4 nitrogen and oxygen atoms in total. The highest BCUT2D eigenvalue weighted by atomic mass is 19.2. The van der Waals surface area contributed by atoms with Crippen molar-refractivity contribution in [2.75, 3.05) is 5.32 Å². The molecule has 0 aliphatic carbocycles. The molecule has 1 aromatic heterocycles. The lowest BCUT2D eigenvalue weighted by molar-refractivity contribution is 0.0659. The van der Waals surface area contributed by atoms with Crippen molar-refractivity contribution < 1.29 is 23.1 Å². The van der Waals surface area contributed by atoms with Gasteiger partial charge in [0.25, 0.3) is 0 Å². The van der Waals surface area contributed by atoms with Crippen LogP contribution < -0.4 is 5.32 Å². The first-order valence-corrected chi connectivity index (χ1v) is 5.49. The lowest BCUT2D eigenvalue weighted by atomic mass is 10.2. The number of furan rings is 1. The van der Waals surface area contributed by atoms with E-state index in [4.69, 9.17) is 9.52 Å². The molecule has 0 bridgehead atoms. The van der Waals surface area contributed by atoms with Gasteiger partial charge in [0.15, 0.2) is 11.6 Å². The number of carboxylic acid groups (broad SMARTS) is 1. The largest absolute Gasteiger partial charge is 0.475 e. The number of hydrogen-bond donors (Lipinski definition) is 2. The molecular formula is C13H11F2NO3. The molecule has 2 N–H and O–H groups in total. The summed E-state index contributed by atoms with van der Waals surface area (Å²) in [7, 11) is 0. The Morgan fingerprint density at radius 3 is 2.79 bits per heavy atom. The van der Waals surface area contributed by atoms with Crippen molar-refractivity contribution in [2.24, 2.45) is 0 Å².